The van der Waals surface area contributed by atoms with Crippen molar-refractivity contribution in [2.75, 3.05) is 0 Å². The fourth-order valence-electron chi connectivity index (χ4n) is 1.66. The van der Waals surface area contributed by atoms with Crippen molar-refractivity contribution in [2.24, 2.45) is 0 Å². The molecule has 3 aromatic heterocycles. The van der Waals surface area contributed by atoms with Crippen LogP contribution in [0.25, 0.3) is 16.2 Å². The minimum atomic E-state index is -0.501. The number of carbonyl (C=O) groups excluding carboxylic acids is 1. The van der Waals surface area contributed by atoms with Gasteiger partial charge in [-0.15, -0.1) is 21.5 Å². The van der Waals surface area contributed by atoms with Crippen LogP contribution in [0.4, 0.5) is 0 Å². The normalized spacial score (nSPS) is 11.7. The molecular weight excluding hydrogens is 296 g/mol. The highest BCUT2D eigenvalue weighted by Gasteiger charge is 2.14. The van der Waals surface area contributed by atoms with Crippen molar-refractivity contribution < 1.29 is 9.90 Å². The number of aromatic nitrogens is 4. The van der Waals surface area contributed by atoms with Crippen LogP contribution >= 0.6 is 22.7 Å². The molecule has 0 spiro atoms. The van der Waals surface area contributed by atoms with Gasteiger partial charge in [-0.3, -0.25) is 4.79 Å². The number of hydrogen-bond acceptors (Lipinski definition) is 7. The molecule has 0 atom stereocenters. The average molecular weight is 304 g/mol. The summed E-state index contributed by atoms with van der Waals surface area (Å²) in [5, 5.41) is 28.6. The molecule has 6 nitrogen and oxygen atoms in total. The van der Waals surface area contributed by atoms with E-state index in [9.17, 15) is 9.90 Å². The van der Waals surface area contributed by atoms with Gasteiger partial charge in [0.2, 0.25) is 11.6 Å². The zero-order valence-electron chi connectivity index (χ0n) is 9.98. The van der Waals surface area contributed by atoms with E-state index in [1.807, 2.05) is 22.2 Å². The maximum absolute atomic E-state index is 11.8. The van der Waals surface area contributed by atoms with Crippen LogP contribution in [0.5, 0.6) is 0 Å². The van der Waals surface area contributed by atoms with Gasteiger partial charge in [0, 0.05) is 22.1 Å². The molecule has 0 aromatic carbocycles. The summed E-state index contributed by atoms with van der Waals surface area (Å²) in [4.78, 5) is 12.7. The predicted octanol–water partition coefficient (Wildman–Crippen LogP) is 2.77. The molecule has 0 saturated heterocycles. The summed E-state index contributed by atoms with van der Waals surface area (Å²) in [7, 11) is 0. The van der Waals surface area contributed by atoms with Crippen LogP contribution < -0.4 is 0 Å². The molecule has 2 N–H and O–H groups in total. The van der Waals surface area contributed by atoms with Crippen molar-refractivity contribution in [1.82, 2.24) is 20.6 Å². The number of ketones is 1. The second-order valence-electron chi connectivity index (χ2n) is 3.80. The van der Waals surface area contributed by atoms with Crippen LogP contribution in [-0.4, -0.2) is 31.5 Å². The van der Waals surface area contributed by atoms with Crippen LogP contribution in [0, 0.1) is 0 Å². The van der Waals surface area contributed by atoms with Crippen LogP contribution in [0.15, 0.2) is 34.3 Å². The summed E-state index contributed by atoms with van der Waals surface area (Å²) in [6, 6.07) is 3.74. The average Bonchev–Trinajstić information content (AvgIpc) is 3.19. The quantitative estimate of drug-likeness (QED) is 0.439. The maximum atomic E-state index is 11.8. The van der Waals surface area contributed by atoms with Crippen molar-refractivity contribution in [1.29, 1.82) is 0 Å². The van der Waals surface area contributed by atoms with E-state index in [2.05, 4.69) is 20.6 Å². The lowest BCUT2D eigenvalue weighted by Gasteiger charge is -2.00. The number of thiophene rings is 2. The SMILES string of the molecule is O=C(C=C(O)c1ccsc1-c1ccsc1)c1nn[nH]n1. The third-order valence-electron chi connectivity index (χ3n) is 2.56. The smallest absolute Gasteiger partial charge is 0.244 e. The number of nitrogens with one attached hydrogen (secondary N) is 1. The van der Waals surface area contributed by atoms with Crippen molar-refractivity contribution in [3.63, 3.8) is 0 Å². The molecule has 3 rings (SSSR count). The van der Waals surface area contributed by atoms with Gasteiger partial charge in [0.25, 0.3) is 0 Å². The van der Waals surface area contributed by atoms with Crippen LogP contribution in [0.1, 0.15) is 16.2 Å². The van der Waals surface area contributed by atoms with Crippen molar-refractivity contribution in [2.45, 2.75) is 0 Å². The van der Waals surface area contributed by atoms with E-state index in [0.29, 0.717) is 5.56 Å². The molecule has 8 heteroatoms. The molecule has 0 aliphatic rings. The molecule has 100 valence electrons. The maximum Gasteiger partial charge on any atom is 0.244 e. The molecular formula is C12H8N4O2S2. The molecule has 0 unspecified atom stereocenters. The van der Waals surface area contributed by atoms with Gasteiger partial charge >= 0.3 is 0 Å². The van der Waals surface area contributed by atoms with Gasteiger partial charge in [0.1, 0.15) is 5.76 Å². The number of aliphatic hydroxyl groups is 1. The molecule has 0 amide bonds. The Morgan fingerprint density at radius 2 is 2.25 bits per heavy atom. The fourth-order valence-corrected chi connectivity index (χ4v) is 3.29. The van der Waals surface area contributed by atoms with Crippen molar-refractivity contribution in [3.8, 4) is 10.4 Å². The predicted molar refractivity (Wildman–Crippen MR) is 76.7 cm³/mol. The van der Waals surface area contributed by atoms with E-state index in [4.69, 9.17) is 0 Å². The van der Waals surface area contributed by atoms with Crippen molar-refractivity contribution >= 4 is 34.2 Å². The van der Waals surface area contributed by atoms with Gasteiger partial charge in [-0.05, 0) is 33.5 Å². The van der Waals surface area contributed by atoms with E-state index in [1.54, 1.807) is 17.4 Å². The Bertz CT molecular complexity index is 744. The number of H-pyrrole nitrogens is 1. The first kappa shape index (κ1) is 12.7. The summed E-state index contributed by atoms with van der Waals surface area (Å²) in [6.45, 7) is 0. The zero-order chi connectivity index (χ0) is 13.9. The number of aromatic amines is 1. The van der Waals surface area contributed by atoms with Gasteiger partial charge in [-0.25, -0.2) is 0 Å². The fraction of sp³-hybridized carbons (Fsp3) is 0. The third-order valence-corrected chi connectivity index (χ3v) is 4.20. The highest BCUT2D eigenvalue weighted by atomic mass is 32.1. The van der Waals surface area contributed by atoms with E-state index in [1.165, 1.54) is 11.3 Å². The highest BCUT2D eigenvalue weighted by molar-refractivity contribution is 7.14. The van der Waals surface area contributed by atoms with Gasteiger partial charge in [-0.1, -0.05) is 0 Å². The van der Waals surface area contributed by atoms with Crippen LogP contribution in [-0.2, 0) is 0 Å². The topological polar surface area (TPSA) is 91.8 Å². The molecule has 0 fully saturated rings. The molecule has 0 bridgehead atoms. The summed E-state index contributed by atoms with van der Waals surface area (Å²) in [5.41, 5.74) is 1.64. The first-order valence-corrected chi connectivity index (χ1v) is 7.37. The first-order valence-electron chi connectivity index (χ1n) is 5.54. The number of allylic oxidation sites excluding steroid dienone is 1. The Hall–Kier alpha value is -2.32. The van der Waals surface area contributed by atoms with Crippen molar-refractivity contribution in [3.05, 3.63) is 45.7 Å². The highest BCUT2D eigenvalue weighted by Crippen LogP contribution is 2.34. The van der Waals surface area contributed by atoms with E-state index in [0.717, 1.165) is 16.5 Å². The number of rotatable bonds is 4. The molecule has 3 heterocycles. The van der Waals surface area contributed by atoms with E-state index >= 15 is 0 Å². The number of aliphatic hydroxyl groups excluding tert-OH is 1. The largest absolute Gasteiger partial charge is 0.507 e. The molecule has 3 aromatic rings. The molecule has 0 aliphatic heterocycles. The Balaban J connectivity index is 1.94. The van der Waals surface area contributed by atoms with Gasteiger partial charge in [-0.2, -0.15) is 16.6 Å². The lowest BCUT2D eigenvalue weighted by Crippen LogP contribution is -1.99. The molecule has 0 saturated carbocycles. The summed E-state index contributed by atoms with van der Waals surface area (Å²) >= 11 is 3.08. The minimum absolute atomic E-state index is 0.0798. The third kappa shape index (κ3) is 2.38. The summed E-state index contributed by atoms with van der Waals surface area (Å²) in [6.07, 6.45) is 1.10. The standard InChI is InChI=1S/C12H8N4O2S2/c17-9(5-10(18)12-13-15-16-14-12)8-2-4-20-11(8)7-1-3-19-6-7/h1-6,17H,(H,13,14,15,16). The van der Waals surface area contributed by atoms with Gasteiger partial charge in [0.15, 0.2) is 0 Å². The lowest BCUT2D eigenvalue weighted by atomic mass is 10.1. The van der Waals surface area contributed by atoms with E-state index < -0.39 is 5.78 Å². The van der Waals surface area contributed by atoms with E-state index in [-0.39, 0.29) is 11.6 Å². The first-order chi connectivity index (χ1) is 9.75. The summed E-state index contributed by atoms with van der Waals surface area (Å²) in [5.74, 6) is -0.690. The van der Waals surface area contributed by atoms with Crippen LogP contribution in [0.3, 0.4) is 0 Å². The Morgan fingerprint density at radius 3 is 2.95 bits per heavy atom. The minimum Gasteiger partial charge on any atom is -0.507 e. The lowest BCUT2D eigenvalue weighted by molar-refractivity contribution is 0.103. The Labute approximate surface area is 121 Å². The summed E-state index contributed by atoms with van der Waals surface area (Å²) < 4.78 is 0. The Kier molecular flexibility index (Phi) is 3.40. The Morgan fingerprint density at radius 1 is 1.35 bits per heavy atom. The van der Waals surface area contributed by atoms with Crippen LogP contribution in [0.2, 0.25) is 0 Å². The zero-order valence-corrected chi connectivity index (χ0v) is 11.6. The number of tetrazole rings is 1. The number of carbonyl (C=O) groups is 1. The second kappa shape index (κ2) is 5.35. The van der Waals surface area contributed by atoms with Gasteiger partial charge < -0.3 is 5.11 Å². The number of hydrogen-bond donors (Lipinski definition) is 2. The number of nitrogens with zero attached hydrogens (tertiary/aromatic N) is 3. The van der Waals surface area contributed by atoms with Gasteiger partial charge in [0.05, 0.1) is 0 Å². The molecule has 20 heavy (non-hydrogen) atoms. The second-order valence-corrected chi connectivity index (χ2v) is 5.50. The monoisotopic (exact) mass is 304 g/mol. The molecule has 0 aliphatic carbocycles. The molecule has 0 radical (unpaired) electrons.